The summed E-state index contributed by atoms with van der Waals surface area (Å²) >= 11 is 0. The number of nitrogens with zero attached hydrogens (tertiary/aromatic N) is 2. The standard InChI is InChI=1S/C12H19N3O2/c1-12(9-13,14(2)3)8-10-4-6-11(7-5-10)15(16)17/h4-7H,8-9,13H2,1-3H3. The molecule has 0 radical (unpaired) electrons. The number of rotatable bonds is 5. The molecule has 0 aliphatic carbocycles. The normalized spacial score (nSPS) is 14.6. The zero-order chi connectivity index (χ0) is 13.1. The molecule has 0 aliphatic heterocycles. The lowest BCUT2D eigenvalue weighted by Gasteiger charge is -2.35. The molecule has 0 fully saturated rings. The van der Waals surface area contributed by atoms with Crippen LogP contribution in [0.2, 0.25) is 0 Å². The van der Waals surface area contributed by atoms with Gasteiger partial charge in [-0.15, -0.1) is 0 Å². The van der Waals surface area contributed by atoms with Gasteiger partial charge in [-0.25, -0.2) is 0 Å². The zero-order valence-corrected chi connectivity index (χ0v) is 10.5. The first-order valence-corrected chi connectivity index (χ1v) is 5.50. The average Bonchev–Trinajstić information content (AvgIpc) is 2.29. The molecule has 5 nitrogen and oxygen atoms in total. The molecular weight excluding hydrogens is 218 g/mol. The van der Waals surface area contributed by atoms with Gasteiger partial charge in [-0.3, -0.25) is 10.1 Å². The third-order valence-corrected chi connectivity index (χ3v) is 3.25. The fourth-order valence-corrected chi connectivity index (χ4v) is 1.59. The van der Waals surface area contributed by atoms with E-state index in [4.69, 9.17) is 5.73 Å². The van der Waals surface area contributed by atoms with E-state index in [1.807, 2.05) is 14.1 Å². The van der Waals surface area contributed by atoms with Crippen molar-refractivity contribution < 1.29 is 4.92 Å². The Morgan fingerprint density at radius 1 is 1.35 bits per heavy atom. The number of nitro groups is 1. The number of nitro benzene ring substituents is 1. The van der Waals surface area contributed by atoms with Crippen LogP contribution >= 0.6 is 0 Å². The third kappa shape index (κ3) is 3.25. The topological polar surface area (TPSA) is 72.4 Å². The van der Waals surface area contributed by atoms with E-state index in [2.05, 4.69) is 11.8 Å². The highest BCUT2D eigenvalue weighted by Crippen LogP contribution is 2.19. The van der Waals surface area contributed by atoms with Gasteiger partial charge in [0.1, 0.15) is 0 Å². The molecule has 0 aliphatic rings. The minimum atomic E-state index is -0.391. The average molecular weight is 237 g/mol. The van der Waals surface area contributed by atoms with Crippen molar-refractivity contribution in [2.24, 2.45) is 5.73 Å². The Kier molecular flexibility index (Phi) is 4.20. The van der Waals surface area contributed by atoms with Crippen LogP contribution in [0.1, 0.15) is 12.5 Å². The third-order valence-electron chi connectivity index (χ3n) is 3.25. The first kappa shape index (κ1) is 13.6. The highest BCUT2D eigenvalue weighted by Gasteiger charge is 2.25. The Morgan fingerprint density at radius 2 is 1.88 bits per heavy atom. The van der Waals surface area contributed by atoms with Gasteiger partial charge in [0.2, 0.25) is 0 Å². The molecule has 1 atom stereocenters. The van der Waals surface area contributed by atoms with Gasteiger partial charge >= 0.3 is 0 Å². The molecule has 1 rings (SSSR count). The van der Waals surface area contributed by atoms with Gasteiger partial charge in [-0.2, -0.15) is 0 Å². The quantitative estimate of drug-likeness (QED) is 0.621. The highest BCUT2D eigenvalue weighted by atomic mass is 16.6. The summed E-state index contributed by atoms with van der Waals surface area (Å²) in [6.07, 6.45) is 0.772. The Bertz CT molecular complexity index is 389. The van der Waals surface area contributed by atoms with Gasteiger partial charge in [-0.1, -0.05) is 12.1 Å². The molecule has 0 saturated heterocycles. The maximum absolute atomic E-state index is 10.5. The van der Waals surface area contributed by atoms with Crippen molar-refractivity contribution in [3.8, 4) is 0 Å². The molecule has 5 heteroatoms. The molecular formula is C12H19N3O2. The molecule has 17 heavy (non-hydrogen) atoms. The molecule has 94 valence electrons. The summed E-state index contributed by atoms with van der Waals surface area (Å²) in [6.45, 7) is 2.62. The van der Waals surface area contributed by atoms with Gasteiger partial charge in [0, 0.05) is 24.2 Å². The molecule has 0 aromatic heterocycles. The second-order valence-corrected chi connectivity index (χ2v) is 4.70. The van der Waals surface area contributed by atoms with Crippen molar-refractivity contribution in [2.75, 3.05) is 20.6 Å². The van der Waals surface area contributed by atoms with Gasteiger partial charge in [0.15, 0.2) is 0 Å². The second-order valence-electron chi connectivity index (χ2n) is 4.70. The minimum Gasteiger partial charge on any atom is -0.329 e. The number of nitrogens with two attached hydrogens (primary N) is 1. The molecule has 1 aromatic rings. The highest BCUT2D eigenvalue weighted by molar-refractivity contribution is 5.33. The van der Waals surface area contributed by atoms with Crippen molar-refractivity contribution in [1.29, 1.82) is 0 Å². The van der Waals surface area contributed by atoms with Gasteiger partial charge in [-0.05, 0) is 33.0 Å². The van der Waals surface area contributed by atoms with Crippen LogP contribution < -0.4 is 5.73 Å². The van der Waals surface area contributed by atoms with Crippen LogP contribution in [0, 0.1) is 10.1 Å². The summed E-state index contributed by atoms with van der Waals surface area (Å²) in [7, 11) is 3.97. The maximum Gasteiger partial charge on any atom is 0.269 e. The molecule has 0 amide bonds. The Balaban J connectivity index is 2.85. The summed E-state index contributed by atoms with van der Waals surface area (Å²) in [6, 6.07) is 6.63. The monoisotopic (exact) mass is 237 g/mol. The lowest BCUT2D eigenvalue weighted by molar-refractivity contribution is -0.384. The van der Waals surface area contributed by atoms with Crippen LogP contribution in [-0.4, -0.2) is 36.0 Å². The molecule has 0 saturated carbocycles. The lowest BCUT2D eigenvalue weighted by atomic mass is 9.91. The summed E-state index contributed by atoms with van der Waals surface area (Å²) in [5, 5.41) is 10.5. The molecule has 0 heterocycles. The van der Waals surface area contributed by atoms with E-state index in [0.717, 1.165) is 12.0 Å². The van der Waals surface area contributed by atoms with E-state index < -0.39 is 4.92 Å². The van der Waals surface area contributed by atoms with Gasteiger partial charge in [0.05, 0.1) is 4.92 Å². The van der Waals surface area contributed by atoms with Crippen LogP contribution in [0.4, 0.5) is 5.69 Å². The van der Waals surface area contributed by atoms with E-state index in [-0.39, 0.29) is 11.2 Å². The predicted octanol–water partition coefficient (Wildman–Crippen LogP) is 1.42. The van der Waals surface area contributed by atoms with Gasteiger partial charge < -0.3 is 10.6 Å². The number of likely N-dealkylation sites (N-methyl/N-ethyl adjacent to an activating group) is 1. The van der Waals surface area contributed by atoms with E-state index in [0.29, 0.717) is 6.54 Å². The van der Waals surface area contributed by atoms with Crippen molar-refractivity contribution in [2.45, 2.75) is 18.9 Å². The Hall–Kier alpha value is -1.46. The van der Waals surface area contributed by atoms with Crippen molar-refractivity contribution in [3.63, 3.8) is 0 Å². The number of hydrogen-bond acceptors (Lipinski definition) is 4. The van der Waals surface area contributed by atoms with E-state index in [9.17, 15) is 10.1 Å². The van der Waals surface area contributed by atoms with Crippen LogP contribution in [0.15, 0.2) is 24.3 Å². The number of benzene rings is 1. The zero-order valence-electron chi connectivity index (χ0n) is 10.5. The largest absolute Gasteiger partial charge is 0.329 e. The molecule has 1 unspecified atom stereocenters. The van der Waals surface area contributed by atoms with Crippen LogP contribution in [0.5, 0.6) is 0 Å². The van der Waals surface area contributed by atoms with Crippen LogP contribution in [0.25, 0.3) is 0 Å². The fourth-order valence-electron chi connectivity index (χ4n) is 1.59. The minimum absolute atomic E-state index is 0.119. The summed E-state index contributed by atoms with van der Waals surface area (Å²) < 4.78 is 0. The Labute approximate surface area is 101 Å². The van der Waals surface area contributed by atoms with E-state index >= 15 is 0 Å². The van der Waals surface area contributed by atoms with Gasteiger partial charge in [0.25, 0.3) is 5.69 Å². The first-order valence-electron chi connectivity index (χ1n) is 5.50. The summed E-state index contributed by atoms with van der Waals surface area (Å²) in [4.78, 5) is 12.2. The van der Waals surface area contributed by atoms with E-state index in [1.165, 1.54) is 12.1 Å². The van der Waals surface area contributed by atoms with E-state index in [1.54, 1.807) is 12.1 Å². The Morgan fingerprint density at radius 3 is 2.24 bits per heavy atom. The maximum atomic E-state index is 10.5. The summed E-state index contributed by atoms with van der Waals surface area (Å²) in [5.41, 5.74) is 6.83. The fraction of sp³-hybridized carbons (Fsp3) is 0.500. The lowest BCUT2D eigenvalue weighted by Crippen LogP contribution is -2.49. The SMILES string of the molecule is CN(C)C(C)(CN)Cc1ccc([N+](=O)[O-])cc1. The predicted molar refractivity (Wildman–Crippen MR) is 67.9 cm³/mol. The summed E-state index contributed by atoms with van der Waals surface area (Å²) in [5.74, 6) is 0. The molecule has 0 spiro atoms. The van der Waals surface area contributed by atoms with Crippen LogP contribution in [0.3, 0.4) is 0 Å². The van der Waals surface area contributed by atoms with Crippen molar-refractivity contribution in [3.05, 3.63) is 39.9 Å². The smallest absolute Gasteiger partial charge is 0.269 e. The number of hydrogen-bond donors (Lipinski definition) is 1. The van der Waals surface area contributed by atoms with Crippen LogP contribution in [-0.2, 0) is 6.42 Å². The number of non-ortho nitro benzene ring substituents is 1. The second kappa shape index (κ2) is 5.25. The molecule has 1 aromatic carbocycles. The van der Waals surface area contributed by atoms with Crippen molar-refractivity contribution in [1.82, 2.24) is 4.90 Å². The molecule has 0 bridgehead atoms. The molecule has 2 N–H and O–H groups in total. The first-order chi connectivity index (χ1) is 7.89. The van der Waals surface area contributed by atoms with Crippen molar-refractivity contribution >= 4 is 5.69 Å².